The molecule has 3 rings (SSSR count). The summed E-state index contributed by atoms with van der Waals surface area (Å²) in [5.74, 6) is 7.67. The number of hydrogen-bond acceptors (Lipinski definition) is 2. The number of rotatable bonds is 2. The van der Waals surface area contributed by atoms with Crippen molar-refractivity contribution in [1.29, 1.82) is 0 Å². The predicted octanol–water partition coefficient (Wildman–Crippen LogP) is 5.67. The van der Waals surface area contributed by atoms with E-state index in [1.807, 2.05) is 0 Å². The minimum atomic E-state index is -0.472. The van der Waals surface area contributed by atoms with Crippen LogP contribution in [0.1, 0.15) is 38.2 Å². The van der Waals surface area contributed by atoms with Gasteiger partial charge >= 0.3 is 0 Å². The molecule has 1 fully saturated rings. The summed E-state index contributed by atoms with van der Waals surface area (Å²) >= 11 is 5.70. The summed E-state index contributed by atoms with van der Waals surface area (Å²) < 4.78 is 13.5. The van der Waals surface area contributed by atoms with Crippen molar-refractivity contribution in [3.05, 3.63) is 59.1 Å². The molecule has 1 heterocycles. The first-order valence-corrected chi connectivity index (χ1v) is 8.95. The molecule has 2 aromatic rings. The van der Waals surface area contributed by atoms with Gasteiger partial charge in [0.2, 0.25) is 0 Å². The fourth-order valence-electron chi connectivity index (χ4n) is 3.09. The topological polar surface area (TPSA) is 25.8 Å². The fourth-order valence-corrected chi connectivity index (χ4v) is 3.21. The summed E-state index contributed by atoms with van der Waals surface area (Å²) in [7, 11) is 0. The minimum Gasteiger partial charge on any atom is -0.235 e. The predicted molar refractivity (Wildman–Crippen MR) is 99.6 cm³/mol. The van der Waals surface area contributed by atoms with Gasteiger partial charge in [-0.2, -0.15) is 0 Å². The van der Waals surface area contributed by atoms with Crippen LogP contribution in [0.15, 0.2) is 42.7 Å². The number of halogens is 2. The van der Waals surface area contributed by atoms with Crippen molar-refractivity contribution in [3.8, 4) is 23.2 Å². The average molecular weight is 355 g/mol. The minimum absolute atomic E-state index is 0.0929. The number of allylic oxidation sites excluding steroid dienone is 2. The summed E-state index contributed by atoms with van der Waals surface area (Å²) in [6.45, 7) is 2.08. The highest BCUT2D eigenvalue weighted by Gasteiger charge is 2.17. The summed E-state index contributed by atoms with van der Waals surface area (Å²) in [6, 6.07) is 4.55. The van der Waals surface area contributed by atoms with E-state index >= 15 is 0 Å². The quantitative estimate of drug-likeness (QED) is 0.513. The van der Waals surface area contributed by atoms with E-state index in [4.69, 9.17) is 11.6 Å². The van der Waals surface area contributed by atoms with E-state index in [1.54, 1.807) is 18.5 Å². The molecule has 0 saturated heterocycles. The molecule has 0 aliphatic heterocycles. The van der Waals surface area contributed by atoms with Gasteiger partial charge in [-0.3, -0.25) is 0 Å². The summed E-state index contributed by atoms with van der Waals surface area (Å²) in [5, 5.41) is 0.0929. The zero-order chi connectivity index (χ0) is 17.6. The molecule has 1 aliphatic carbocycles. The van der Waals surface area contributed by atoms with Crippen molar-refractivity contribution in [1.82, 2.24) is 9.97 Å². The Morgan fingerprint density at radius 2 is 1.88 bits per heavy atom. The van der Waals surface area contributed by atoms with Crippen molar-refractivity contribution >= 4 is 11.6 Å². The Bertz CT molecular complexity index is 810. The second-order valence-electron chi connectivity index (χ2n) is 6.33. The first-order chi connectivity index (χ1) is 12.2. The van der Waals surface area contributed by atoms with Gasteiger partial charge in [-0.15, -0.1) is 0 Å². The highest BCUT2D eigenvalue weighted by Crippen LogP contribution is 2.29. The second kappa shape index (κ2) is 8.27. The Kier molecular flexibility index (Phi) is 5.83. The molecule has 1 aromatic carbocycles. The molecule has 1 aromatic heterocycles. The summed E-state index contributed by atoms with van der Waals surface area (Å²) in [4.78, 5) is 8.57. The van der Waals surface area contributed by atoms with Crippen LogP contribution in [0.5, 0.6) is 0 Å². The van der Waals surface area contributed by atoms with Crippen molar-refractivity contribution in [2.75, 3.05) is 0 Å². The van der Waals surface area contributed by atoms with E-state index in [-0.39, 0.29) is 5.02 Å². The van der Waals surface area contributed by atoms with Crippen LogP contribution in [0.4, 0.5) is 4.39 Å². The van der Waals surface area contributed by atoms with Gasteiger partial charge in [0.15, 0.2) is 5.82 Å². The smallest absolute Gasteiger partial charge is 0.159 e. The van der Waals surface area contributed by atoms with Gasteiger partial charge in [-0.1, -0.05) is 35.6 Å². The molecule has 0 N–H and O–H groups in total. The Morgan fingerprint density at radius 1 is 1.16 bits per heavy atom. The molecule has 0 amide bonds. The van der Waals surface area contributed by atoms with Crippen LogP contribution in [0.25, 0.3) is 11.4 Å². The van der Waals surface area contributed by atoms with Crippen LogP contribution < -0.4 is 0 Å². The Hall–Kier alpha value is -2.18. The van der Waals surface area contributed by atoms with Crippen molar-refractivity contribution < 1.29 is 4.39 Å². The van der Waals surface area contributed by atoms with Crippen LogP contribution in [0.2, 0.25) is 5.02 Å². The SMILES string of the molecule is CC=C[C@H]1CC[C@H](C#Cc2cnc(-c3ccc(Cl)c(F)c3)nc2)CC1. The normalized spacial score (nSPS) is 20.3. The van der Waals surface area contributed by atoms with E-state index in [0.717, 1.165) is 18.4 Å². The van der Waals surface area contributed by atoms with E-state index in [0.29, 0.717) is 23.2 Å². The van der Waals surface area contributed by atoms with Crippen molar-refractivity contribution in [2.45, 2.75) is 32.6 Å². The molecule has 0 radical (unpaired) electrons. The average Bonchev–Trinajstić information content (AvgIpc) is 2.64. The molecule has 1 saturated carbocycles. The second-order valence-corrected chi connectivity index (χ2v) is 6.74. The Balaban J connectivity index is 1.65. The van der Waals surface area contributed by atoms with Gasteiger partial charge in [0, 0.05) is 23.9 Å². The van der Waals surface area contributed by atoms with Crippen LogP contribution in [0, 0.1) is 29.5 Å². The molecule has 0 spiro atoms. The molecular weight excluding hydrogens is 335 g/mol. The molecule has 2 nitrogen and oxygen atoms in total. The molecule has 0 unspecified atom stereocenters. The number of hydrogen-bond donors (Lipinski definition) is 0. The van der Waals surface area contributed by atoms with Gasteiger partial charge in [-0.25, -0.2) is 14.4 Å². The number of nitrogens with zero attached hydrogens (tertiary/aromatic N) is 2. The van der Waals surface area contributed by atoms with Crippen LogP contribution >= 0.6 is 11.6 Å². The van der Waals surface area contributed by atoms with Crippen LogP contribution in [-0.4, -0.2) is 9.97 Å². The third-order valence-electron chi connectivity index (χ3n) is 4.49. The molecule has 0 bridgehead atoms. The maximum absolute atomic E-state index is 13.5. The van der Waals surface area contributed by atoms with E-state index in [9.17, 15) is 4.39 Å². The lowest BCUT2D eigenvalue weighted by atomic mass is 9.82. The first-order valence-electron chi connectivity index (χ1n) is 8.57. The number of aromatic nitrogens is 2. The molecular formula is C21H20ClFN2. The van der Waals surface area contributed by atoms with E-state index in [1.165, 1.54) is 25.0 Å². The van der Waals surface area contributed by atoms with Gasteiger partial charge < -0.3 is 0 Å². The Labute approximate surface area is 153 Å². The van der Waals surface area contributed by atoms with E-state index < -0.39 is 5.82 Å². The molecule has 25 heavy (non-hydrogen) atoms. The summed E-state index contributed by atoms with van der Waals surface area (Å²) in [5.41, 5.74) is 1.39. The third kappa shape index (κ3) is 4.67. The van der Waals surface area contributed by atoms with E-state index in [2.05, 4.69) is 40.9 Å². The van der Waals surface area contributed by atoms with Crippen molar-refractivity contribution in [3.63, 3.8) is 0 Å². The van der Waals surface area contributed by atoms with Gasteiger partial charge in [0.05, 0.1) is 10.6 Å². The lowest BCUT2D eigenvalue weighted by Gasteiger charge is -2.22. The number of benzene rings is 1. The maximum Gasteiger partial charge on any atom is 0.159 e. The molecule has 4 heteroatoms. The van der Waals surface area contributed by atoms with Crippen LogP contribution in [0.3, 0.4) is 0 Å². The van der Waals surface area contributed by atoms with Gasteiger partial charge in [0.25, 0.3) is 0 Å². The highest BCUT2D eigenvalue weighted by atomic mass is 35.5. The molecule has 1 aliphatic rings. The lowest BCUT2D eigenvalue weighted by molar-refractivity contribution is 0.364. The zero-order valence-corrected chi connectivity index (χ0v) is 14.9. The largest absolute Gasteiger partial charge is 0.235 e. The highest BCUT2D eigenvalue weighted by molar-refractivity contribution is 6.30. The molecule has 128 valence electrons. The molecule has 0 atom stereocenters. The standard InChI is InChI=1S/C21H20ClFN2/c1-2-3-15-4-6-16(7-5-15)8-9-17-13-24-21(25-14-17)18-10-11-19(22)20(23)12-18/h2-3,10-16H,4-7H2,1H3/t15-,16-. The monoisotopic (exact) mass is 354 g/mol. The fraction of sp³-hybridized carbons (Fsp3) is 0.333. The Morgan fingerprint density at radius 3 is 2.52 bits per heavy atom. The van der Waals surface area contributed by atoms with Crippen LogP contribution in [-0.2, 0) is 0 Å². The van der Waals surface area contributed by atoms with Gasteiger partial charge in [-0.05, 0) is 56.7 Å². The summed E-state index contributed by atoms with van der Waals surface area (Å²) in [6.07, 6.45) is 12.5. The third-order valence-corrected chi connectivity index (χ3v) is 4.79. The van der Waals surface area contributed by atoms with Gasteiger partial charge in [0.1, 0.15) is 5.82 Å². The lowest BCUT2D eigenvalue weighted by Crippen LogP contribution is -2.11. The first kappa shape index (κ1) is 17.6. The maximum atomic E-state index is 13.5. The zero-order valence-electron chi connectivity index (χ0n) is 14.2. The van der Waals surface area contributed by atoms with Crippen molar-refractivity contribution in [2.24, 2.45) is 11.8 Å².